The number of nitro benzene ring substituents is 1. The summed E-state index contributed by atoms with van der Waals surface area (Å²) in [6.45, 7) is 5.32. The average Bonchev–Trinajstić information content (AvgIpc) is 3.49. The molecule has 1 saturated carbocycles. The molecule has 4 rings (SSSR count). The van der Waals surface area contributed by atoms with Gasteiger partial charge in [0, 0.05) is 24.4 Å². The Labute approximate surface area is 200 Å². The van der Waals surface area contributed by atoms with E-state index in [1.807, 2.05) is 32.0 Å². The molecule has 0 atom stereocenters. The summed E-state index contributed by atoms with van der Waals surface area (Å²) in [6, 6.07) is 10.2. The van der Waals surface area contributed by atoms with Gasteiger partial charge in [-0.05, 0) is 62.1 Å². The van der Waals surface area contributed by atoms with Crippen LogP contribution in [0.5, 0.6) is 0 Å². The number of aromatic nitrogens is 1. The van der Waals surface area contributed by atoms with Gasteiger partial charge in [-0.15, -0.1) is 11.3 Å². The molecule has 1 aliphatic rings. The summed E-state index contributed by atoms with van der Waals surface area (Å²) >= 11 is 1.26. The number of ether oxygens (including phenoxy) is 1. The zero-order valence-corrected chi connectivity index (χ0v) is 19.8. The van der Waals surface area contributed by atoms with Crippen LogP contribution in [0.1, 0.15) is 46.9 Å². The van der Waals surface area contributed by atoms with Crippen molar-refractivity contribution in [2.45, 2.75) is 46.3 Å². The van der Waals surface area contributed by atoms with Gasteiger partial charge in [0.05, 0.1) is 21.9 Å². The van der Waals surface area contributed by atoms with E-state index in [4.69, 9.17) is 4.74 Å². The van der Waals surface area contributed by atoms with Crippen molar-refractivity contribution < 1.29 is 19.2 Å². The third-order valence-electron chi connectivity index (χ3n) is 5.51. The van der Waals surface area contributed by atoms with Crippen molar-refractivity contribution in [3.8, 4) is 0 Å². The van der Waals surface area contributed by atoms with Crippen LogP contribution in [0.2, 0.25) is 0 Å². The molecule has 1 N–H and O–H groups in total. The van der Waals surface area contributed by atoms with Gasteiger partial charge < -0.3 is 10.1 Å². The SMILES string of the molecule is CC(=O)N(c1ccc(C)c(C)c1)c1nc(COC(=O)c2ccc(NC3CC3)c([N+](=O)[O-])c2)cs1. The molecule has 1 fully saturated rings. The quantitative estimate of drug-likeness (QED) is 0.265. The van der Waals surface area contributed by atoms with Gasteiger partial charge in [-0.1, -0.05) is 6.07 Å². The third-order valence-corrected chi connectivity index (χ3v) is 6.39. The Morgan fingerprint density at radius 3 is 2.62 bits per heavy atom. The Morgan fingerprint density at radius 1 is 1.21 bits per heavy atom. The smallest absolute Gasteiger partial charge is 0.338 e. The maximum atomic E-state index is 12.5. The van der Waals surface area contributed by atoms with Crippen molar-refractivity contribution in [3.63, 3.8) is 0 Å². The van der Waals surface area contributed by atoms with Crippen LogP contribution in [0.4, 0.5) is 22.2 Å². The van der Waals surface area contributed by atoms with Crippen molar-refractivity contribution in [1.29, 1.82) is 0 Å². The number of amides is 1. The van der Waals surface area contributed by atoms with Crippen molar-refractivity contribution >= 4 is 45.4 Å². The van der Waals surface area contributed by atoms with E-state index in [0.717, 1.165) is 24.0 Å². The maximum absolute atomic E-state index is 12.5. The van der Waals surface area contributed by atoms with E-state index in [2.05, 4.69) is 10.3 Å². The molecular weight excluding hydrogens is 456 g/mol. The van der Waals surface area contributed by atoms with E-state index < -0.39 is 10.9 Å². The first kappa shape index (κ1) is 23.4. The van der Waals surface area contributed by atoms with E-state index in [0.29, 0.717) is 22.2 Å². The molecule has 10 heteroatoms. The van der Waals surface area contributed by atoms with Crippen LogP contribution in [-0.4, -0.2) is 27.8 Å². The number of esters is 1. The molecule has 3 aromatic rings. The van der Waals surface area contributed by atoms with E-state index in [-0.39, 0.29) is 29.8 Å². The van der Waals surface area contributed by atoms with E-state index in [9.17, 15) is 19.7 Å². The first-order valence-electron chi connectivity index (χ1n) is 10.8. The van der Waals surface area contributed by atoms with Crippen molar-refractivity contribution in [2.75, 3.05) is 10.2 Å². The summed E-state index contributed by atoms with van der Waals surface area (Å²) in [5.41, 5.74) is 3.68. The molecule has 1 aliphatic carbocycles. The largest absolute Gasteiger partial charge is 0.456 e. The minimum atomic E-state index is -0.687. The monoisotopic (exact) mass is 480 g/mol. The minimum Gasteiger partial charge on any atom is -0.456 e. The molecule has 0 aliphatic heterocycles. The fraction of sp³-hybridized carbons (Fsp3) is 0.292. The molecule has 0 radical (unpaired) electrons. The van der Waals surface area contributed by atoms with Gasteiger partial charge in [0.25, 0.3) is 5.69 Å². The number of nitrogens with one attached hydrogen (secondary N) is 1. The lowest BCUT2D eigenvalue weighted by atomic mass is 10.1. The van der Waals surface area contributed by atoms with E-state index >= 15 is 0 Å². The number of benzene rings is 2. The summed E-state index contributed by atoms with van der Waals surface area (Å²) in [7, 11) is 0. The second-order valence-electron chi connectivity index (χ2n) is 8.23. The molecule has 34 heavy (non-hydrogen) atoms. The number of nitro groups is 1. The minimum absolute atomic E-state index is 0.0870. The summed E-state index contributed by atoms with van der Waals surface area (Å²) < 4.78 is 5.34. The van der Waals surface area contributed by atoms with Gasteiger partial charge in [-0.3, -0.25) is 19.8 Å². The molecule has 2 aromatic carbocycles. The van der Waals surface area contributed by atoms with Gasteiger partial charge in [0.15, 0.2) is 5.13 Å². The number of nitrogens with zero attached hydrogens (tertiary/aromatic N) is 3. The van der Waals surface area contributed by atoms with Crippen LogP contribution >= 0.6 is 11.3 Å². The fourth-order valence-corrected chi connectivity index (χ4v) is 4.23. The summed E-state index contributed by atoms with van der Waals surface area (Å²) in [6.07, 6.45) is 1.95. The summed E-state index contributed by atoms with van der Waals surface area (Å²) in [5.74, 6) is -0.874. The second-order valence-corrected chi connectivity index (χ2v) is 9.06. The van der Waals surface area contributed by atoms with Crippen molar-refractivity contribution in [3.05, 3.63) is 74.3 Å². The predicted molar refractivity (Wildman–Crippen MR) is 130 cm³/mol. The second kappa shape index (κ2) is 9.60. The first-order valence-corrected chi connectivity index (χ1v) is 11.7. The molecule has 1 heterocycles. The van der Waals surface area contributed by atoms with Gasteiger partial charge in [0.1, 0.15) is 12.3 Å². The van der Waals surface area contributed by atoms with Gasteiger partial charge in [0.2, 0.25) is 5.91 Å². The van der Waals surface area contributed by atoms with Crippen LogP contribution in [0, 0.1) is 24.0 Å². The van der Waals surface area contributed by atoms with E-state index in [1.54, 1.807) is 5.38 Å². The van der Waals surface area contributed by atoms with Gasteiger partial charge >= 0.3 is 5.97 Å². The molecular formula is C24H24N4O5S. The molecule has 0 spiro atoms. The van der Waals surface area contributed by atoms with Gasteiger partial charge in [-0.2, -0.15) is 0 Å². The number of hydrogen-bond donors (Lipinski definition) is 1. The Balaban J connectivity index is 1.46. The molecule has 1 amide bonds. The highest BCUT2D eigenvalue weighted by Gasteiger charge is 2.26. The lowest BCUT2D eigenvalue weighted by Crippen LogP contribution is -2.22. The highest BCUT2D eigenvalue weighted by Crippen LogP contribution is 2.32. The molecule has 176 valence electrons. The number of hydrogen-bond acceptors (Lipinski definition) is 8. The molecule has 0 saturated heterocycles. The summed E-state index contributed by atoms with van der Waals surface area (Å²) in [4.78, 5) is 41.7. The number of carbonyl (C=O) groups is 2. The Hall–Kier alpha value is -3.79. The van der Waals surface area contributed by atoms with Crippen LogP contribution < -0.4 is 10.2 Å². The maximum Gasteiger partial charge on any atom is 0.338 e. The molecule has 9 nitrogen and oxygen atoms in total. The van der Waals surface area contributed by atoms with E-state index in [1.165, 1.54) is 41.4 Å². The van der Waals surface area contributed by atoms with Crippen molar-refractivity contribution in [1.82, 2.24) is 4.98 Å². The number of carbonyl (C=O) groups excluding carboxylic acids is 2. The molecule has 0 unspecified atom stereocenters. The third kappa shape index (κ3) is 5.23. The zero-order valence-electron chi connectivity index (χ0n) is 19.0. The van der Waals surface area contributed by atoms with Crippen molar-refractivity contribution in [2.24, 2.45) is 0 Å². The zero-order chi connectivity index (χ0) is 24.4. The number of thiazole rings is 1. The van der Waals surface area contributed by atoms with Crippen LogP contribution in [0.15, 0.2) is 41.8 Å². The number of aryl methyl sites for hydroxylation is 2. The predicted octanol–water partition coefficient (Wildman–Crippen LogP) is 5.28. The fourth-order valence-electron chi connectivity index (χ4n) is 3.36. The number of rotatable bonds is 8. The highest BCUT2D eigenvalue weighted by atomic mass is 32.1. The Morgan fingerprint density at radius 2 is 1.97 bits per heavy atom. The average molecular weight is 481 g/mol. The number of anilines is 3. The Kier molecular flexibility index (Phi) is 6.60. The van der Waals surface area contributed by atoms with Gasteiger partial charge in [-0.25, -0.2) is 9.78 Å². The first-order chi connectivity index (χ1) is 16.2. The lowest BCUT2D eigenvalue weighted by Gasteiger charge is -2.19. The van der Waals surface area contributed by atoms with Crippen LogP contribution in [-0.2, 0) is 16.1 Å². The summed E-state index contributed by atoms with van der Waals surface area (Å²) in [5, 5.41) is 16.7. The standard InChI is InChI=1S/C24H24N4O5S/c1-14-4-8-20(10-15(14)2)27(16(3)29)24-26-19(13-34-24)12-33-23(30)17-5-9-21(25-18-6-7-18)22(11-17)28(31)32/h4-5,8-11,13,18,25H,6-7,12H2,1-3H3. The van der Waals surface area contributed by atoms with Crippen LogP contribution in [0.25, 0.3) is 0 Å². The highest BCUT2D eigenvalue weighted by molar-refractivity contribution is 7.14. The van der Waals surface area contributed by atoms with Crippen LogP contribution in [0.3, 0.4) is 0 Å². The molecule has 0 bridgehead atoms. The Bertz CT molecular complexity index is 1270. The molecule has 1 aromatic heterocycles. The lowest BCUT2D eigenvalue weighted by molar-refractivity contribution is -0.384. The normalized spacial score (nSPS) is 12.8. The topological polar surface area (TPSA) is 115 Å².